The predicted octanol–water partition coefficient (Wildman–Crippen LogP) is 1.93. The van der Waals surface area contributed by atoms with Crippen LogP contribution in [0.2, 0.25) is 0 Å². The van der Waals surface area contributed by atoms with Crippen LogP contribution in [-0.2, 0) is 17.8 Å². The molecule has 0 aromatic carbocycles. The van der Waals surface area contributed by atoms with Crippen LogP contribution in [0.3, 0.4) is 0 Å². The van der Waals surface area contributed by atoms with Gasteiger partial charge in [-0.25, -0.2) is 4.79 Å². The largest absolute Gasteiger partial charge is 0.444 e. The van der Waals surface area contributed by atoms with Crippen LogP contribution in [0.1, 0.15) is 32.1 Å². The van der Waals surface area contributed by atoms with Gasteiger partial charge in [0.2, 0.25) is 0 Å². The average molecular weight is 210 g/mol. The number of ether oxygens (including phenoxy) is 1. The highest BCUT2D eigenvalue weighted by molar-refractivity contribution is 5.68. The fourth-order valence-electron chi connectivity index (χ4n) is 1.43. The molecule has 1 aliphatic rings. The molecule has 0 atom stereocenters. The standard InChI is InChI=1S/C10H14N2O3/c1-10(2,3)14-9(13)12-5-7-4-11-15-8(7)6-12/h4H,5-6H2,1-3H3. The molecule has 0 bridgehead atoms. The van der Waals surface area contributed by atoms with E-state index in [1.807, 2.05) is 20.8 Å². The summed E-state index contributed by atoms with van der Waals surface area (Å²) in [6.07, 6.45) is 1.33. The van der Waals surface area contributed by atoms with Crippen LogP contribution in [0.25, 0.3) is 0 Å². The summed E-state index contributed by atoms with van der Waals surface area (Å²) in [6.45, 7) is 6.51. The molecule has 2 heterocycles. The number of carbonyl (C=O) groups is 1. The second kappa shape index (κ2) is 3.25. The van der Waals surface area contributed by atoms with Gasteiger partial charge < -0.3 is 9.26 Å². The number of amides is 1. The lowest BCUT2D eigenvalue weighted by molar-refractivity contribution is 0.0231. The Kier molecular flexibility index (Phi) is 2.17. The van der Waals surface area contributed by atoms with E-state index in [1.165, 1.54) is 0 Å². The highest BCUT2D eigenvalue weighted by Crippen LogP contribution is 2.23. The van der Waals surface area contributed by atoms with Gasteiger partial charge in [-0.05, 0) is 20.8 Å². The maximum Gasteiger partial charge on any atom is 0.411 e. The molecule has 0 aliphatic carbocycles. The zero-order valence-electron chi connectivity index (χ0n) is 9.11. The first kappa shape index (κ1) is 10.0. The Hall–Kier alpha value is -1.52. The van der Waals surface area contributed by atoms with Gasteiger partial charge >= 0.3 is 6.09 Å². The van der Waals surface area contributed by atoms with Crippen molar-refractivity contribution in [3.05, 3.63) is 17.5 Å². The summed E-state index contributed by atoms with van der Waals surface area (Å²) < 4.78 is 10.2. The minimum Gasteiger partial charge on any atom is -0.444 e. The molecule has 5 nitrogen and oxygen atoms in total. The molecule has 1 aromatic rings. The van der Waals surface area contributed by atoms with Gasteiger partial charge in [-0.2, -0.15) is 0 Å². The first-order chi connectivity index (χ1) is 6.96. The van der Waals surface area contributed by atoms with Crippen molar-refractivity contribution in [1.82, 2.24) is 10.1 Å². The fraction of sp³-hybridized carbons (Fsp3) is 0.600. The summed E-state index contributed by atoms with van der Waals surface area (Å²) in [6, 6.07) is 0. The van der Waals surface area contributed by atoms with E-state index in [9.17, 15) is 4.79 Å². The van der Waals surface area contributed by atoms with E-state index in [0.717, 1.165) is 11.3 Å². The maximum atomic E-state index is 11.7. The highest BCUT2D eigenvalue weighted by Gasteiger charge is 2.30. The summed E-state index contributed by atoms with van der Waals surface area (Å²) in [5.41, 5.74) is 0.500. The molecular formula is C10H14N2O3. The van der Waals surface area contributed by atoms with Crippen molar-refractivity contribution in [3.8, 4) is 0 Å². The molecule has 1 amide bonds. The molecule has 0 unspecified atom stereocenters. The van der Waals surface area contributed by atoms with E-state index >= 15 is 0 Å². The lowest BCUT2D eigenvalue weighted by Crippen LogP contribution is -2.33. The summed E-state index contributed by atoms with van der Waals surface area (Å²) in [5, 5.41) is 3.66. The van der Waals surface area contributed by atoms with E-state index in [0.29, 0.717) is 13.1 Å². The zero-order chi connectivity index (χ0) is 11.1. The van der Waals surface area contributed by atoms with Gasteiger partial charge in [-0.15, -0.1) is 0 Å². The third-order valence-corrected chi connectivity index (χ3v) is 2.08. The monoisotopic (exact) mass is 210 g/mol. The van der Waals surface area contributed by atoms with Crippen LogP contribution >= 0.6 is 0 Å². The van der Waals surface area contributed by atoms with Gasteiger partial charge in [0.25, 0.3) is 0 Å². The van der Waals surface area contributed by atoms with Crippen LogP contribution < -0.4 is 0 Å². The second-order valence-corrected chi connectivity index (χ2v) is 4.61. The number of hydrogen-bond acceptors (Lipinski definition) is 4. The van der Waals surface area contributed by atoms with Crippen molar-refractivity contribution in [2.24, 2.45) is 0 Å². The van der Waals surface area contributed by atoms with Crippen LogP contribution in [0, 0.1) is 0 Å². The van der Waals surface area contributed by atoms with Gasteiger partial charge in [0.15, 0.2) is 5.76 Å². The number of hydrogen-bond donors (Lipinski definition) is 0. The van der Waals surface area contributed by atoms with Crippen molar-refractivity contribution < 1.29 is 14.1 Å². The molecular weight excluding hydrogens is 196 g/mol. The third kappa shape index (κ3) is 2.11. The Morgan fingerprint density at radius 3 is 2.87 bits per heavy atom. The van der Waals surface area contributed by atoms with E-state index in [-0.39, 0.29) is 6.09 Å². The molecule has 0 spiro atoms. The minimum atomic E-state index is -0.459. The molecule has 2 rings (SSSR count). The van der Waals surface area contributed by atoms with Gasteiger partial charge in [0.1, 0.15) is 5.60 Å². The second-order valence-electron chi connectivity index (χ2n) is 4.61. The Morgan fingerprint density at radius 2 is 2.27 bits per heavy atom. The number of aromatic nitrogens is 1. The predicted molar refractivity (Wildman–Crippen MR) is 52.0 cm³/mol. The van der Waals surface area contributed by atoms with Gasteiger partial charge in [0, 0.05) is 5.56 Å². The van der Waals surface area contributed by atoms with E-state index in [1.54, 1.807) is 11.1 Å². The minimum absolute atomic E-state index is 0.311. The Labute approximate surface area is 88.0 Å². The molecule has 0 N–H and O–H groups in total. The molecule has 0 fully saturated rings. The summed E-state index contributed by atoms with van der Waals surface area (Å²) in [5.74, 6) is 0.751. The normalized spacial score (nSPS) is 15.3. The summed E-state index contributed by atoms with van der Waals surface area (Å²) in [4.78, 5) is 13.3. The van der Waals surface area contributed by atoms with Crippen molar-refractivity contribution in [2.75, 3.05) is 0 Å². The van der Waals surface area contributed by atoms with E-state index in [2.05, 4.69) is 5.16 Å². The maximum absolute atomic E-state index is 11.7. The molecule has 15 heavy (non-hydrogen) atoms. The Balaban J connectivity index is 1.98. The van der Waals surface area contributed by atoms with Gasteiger partial charge in [-0.3, -0.25) is 4.90 Å². The Bertz CT molecular complexity index is 358. The van der Waals surface area contributed by atoms with E-state index in [4.69, 9.17) is 9.26 Å². The molecule has 0 radical (unpaired) electrons. The van der Waals surface area contributed by atoms with Gasteiger partial charge in [0.05, 0.1) is 19.3 Å². The van der Waals surface area contributed by atoms with Crippen molar-refractivity contribution in [2.45, 2.75) is 39.5 Å². The van der Waals surface area contributed by atoms with Crippen LogP contribution in [0.5, 0.6) is 0 Å². The van der Waals surface area contributed by atoms with Crippen molar-refractivity contribution in [1.29, 1.82) is 0 Å². The SMILES string of the molecule is CC(C)(C)OC(=O)N1Cc2cnoc2C1. The molecule has 0 saturated carbocycles. The smallest absolute Gasteiger partial charge is 0.411 e. The molecule has 82 valence electrons. The summed E-state index contributed by atoms with van der Waals surface area (Å²) in [7, 11) is 0. The lowest BCUT2D eigenvalue weighted by Gasteiger charge is -2.23. The quantitative estimate of drug-likeness (QED) is 0.656. The number of rotatable bonds is 0. The topological polar surface area (TPSA) is 55.6 Å². The third-order valence-electron chi connectivity index (χ3n) is 2.08. The van der Waals surface area contributed by atoms with Crippen molar-refractivity contribution >= 4 is 6.09 Å². The van der Waals surface area contributed by atoms with Crippen LogP contribution in [0.4, 0.5) is 4.79 Å². The highest BCUT2D eigenvalue weighted by atomic mass is 16.6. The first-order valence-corrected chi connectivity index (χ1v) is 4.86. The molecule has 1 aromatic heterocycles. The Morgan fingerprint density at radius 1 is 1.53 bits per heavy atom. The van der Waals surface area contributed by atoms with Gasteiger partial charge in [-0.1, -0.05) is 5.16 Å². The lowest BCUT2D eigenvalue weighted by atomic mass is 10.2. The summed E-state index contributed by atoms with van der Waals surface area (Å²) >= 11 is 0. The average Bonchev–Trinajstić information content (AvgIpc) is 2.56. The number of carbonyl (C=O) groups excluding carboxylic acids is 1. The zero-order valence-corrected chi connectivity index (χ0v) is 9.11. The van der Waals surface area contributed by atoms with E-state index < -0.39 is 5.60 Å². The van der Waals surface area contributed by atoms with Crippen LogP contribution in [-0.4, -0.2) is 21.8 Å². The van der Waals surface area contributed by atoms with Crippen LogP contribution in [0.15, 0.2) is 10.7 Å². The molecule has 1 aliphatic heterocycles. The number of fused-ring (bicyclic) bond motifs is 1. The molecule has 0 saturated heterocycles. The first-order valence-electron chi connectivity index (χ1n) is 4.86. The fourth-order valence-corrected chi connectivity index (χ4v) is 1.43. The molecule has 5 heteroatoms. The van der Waals surface area contributed by atoms with Crippen molar-refractivity contribution in [3.63, 3.8) is 0 Å². The number of nitrogens with zero attached hydrogens (tertiary/aromatic N) is 2.